The number of rotatable bonds is 0. The number of carbonyl (C=O) groups excluding carboxylic acids is 4. The number of halogens is 2. The van der Waals surface area contributed by atoms with Gasteiger partial charge in [0.2, 0.25) is 0 Å². The summed E-state index contributed by atoms with van der Waals surface area (Å²) >= 11 is 0. The van der Waals surface area contributed by atoms with Crippen LogP contribution in [0.4, 0.5) is 8.78 Å². The number of amides is 4. The van der Waals surface area contributed by atoms with Crippen LogP contribution in [0.3, 0.4) is 0 Å². The fraction of sp³-hybridized carbons (Fsp3) is 0.385. The molecule has 2 fully saturated rings. The number of alkyl halides is 2. The summed E-state index contributed by atoms with van der Waals surface area (Å²) in [6.45, 7) is 8.25. The number of hydrogen-bond donors (Lipinski definition) is 2. The molecule has 0 radical (unpaired) electrons. The Balaban J connectivity index is -0.000000409. The summed E-state index contributed by atoms with van der Waals surface area (Å²) in [6.07, 6.45) is 1.25. The predicted octanol–water partition coefficient (Wildman–Crippen LogP) is 4.37. The Morgan fingerprint density at radius 1 is 0.611 bits per heavy atom. The second-order valence-electron chi connectivity index (χ2n) is 6.47. The van der Waals surface area contributed by atoms with Gasteiger partial charge in [-0.3, -0.25) is 37.8 Å². The first kappa shape index (κ1) is 36.7. The van der Waals surface area contributed by atoms with E-state index in [1.165, 1.54) is 20.5 Å². The first-order valence-electron chi connectivity index (χ1n) is 11.0. The lowest BCUT2D eigenvalue weighted by molar-refractivity contribution is -0.196. The molecule has 4 amide bonds. The molecule has 2 aromatic rings. The Bertz CT molecular complexity index is 787. The quantitative estimate of drug-likeness (QED) is 0.400. The van der Waals surface area contributed by atoms with Crippen molar-refractivity contribution >= 4 is 23.6 Å². The molecule has 2 aliphatic rings. The van der Waals surface area contributed by atoms with E-state index in [0.717, 1.165) is 9.80 Å². The molecular weight excluding hydrogens is 474 g/mol. The number of phenolic OH excluding ortho intramolecular Hbond substituents is 2. The van der Waals surface area contributed by atoms with Gasteiger partial charge in [0.1, 0.15) is 11.5 Å². The molecule has 202 valence electrons. The van der Waals surface area contributed by atoms with E-state index in [1.54, 1.807) is 48.5 Å². The third-order valence-electron chi connectivity index (χ3n) is 4.01. The van der Waals surface area contributed by atoms with Crippen LogP contribution in [-0.2, 0) is 19.2 Å². The Hall–Kier alpha value is -3.82. The topological polar surface area (TPSA) is 115 Å². The second-order valence-corrected chi connectivity index (χ2v) is 6.47. The highest BCUT2D eigenvalue weighted by atomic mass is 19.1. The number of carbonyl (C=O) groups is 4. The SMILES string of the molecule is CC.CCC.CF.CF.CN1C(=O)C2(C1=O)C(=O)N(C)C2=O.Oc1ccccc1.Oc1ccccc1. The lowest BCUT2D eigenvalue weighted by atomic mass is 9.69. The number of likely N-dealkylation sites (tertiary alicyclic amines) is 2. The number of para-hydroxylation sites is 2. The number of nitrogens with zero attached hydrogens (tertiary/aromatic N) is 2. The number of imide groups is 2. The minimum Gasteiger partial charge on any atom is -0.508 e. The standard InChI is InChI=1S/C7H6N2O4.2C6H6O.C3H8.C2H6.2CH3F/c1-8-3(10)7(4(8)11)5(12)9(2)6(7)13;2*7-6-4-2-1-3-5-6;1-3-2;3*1-2/h1-2H3;2*1-5,7H;3H2,1-2H3;1-2H3;2*1H3. The van der Waals surface area contributed by atoms with E-state index in [1.807, 2.05) is 26.0 Å². The molecule has 2 aliphatic heterocycles. The van der Waals surface area contributed by atoms with Crippen LogP contribution in [0.1, 0.15) is 34.1 Å². The molecular formula is C26H38F2N2O6. The number of β-lactam (4-membered cyclic amide) rings is 4. The summed E-state index contributed by atoms with van der Waals surface area (Å²) in [5, 5.41) is 17.3. The Morgan fingerprint density at radius 3 is 0.944 bits per heavy atom. The van der Waals surface area contributed by atoms with Crippen molar-refractivity contribution < 1.29 is 38.2 Å². The van der Waals surface area contributed by atoms with E-state index in [2.05, 4.69) is 13.8 Å². The van der Waals surface area contributed by atoms with Gasteiger partial charge >= 0.3 is 0 Å². The van der Waals surface area contributed by atoms with Crippen molar-refractivity contribution in [2.24, 2.45) is 5.41 Å². The van der Waals surface area contributed by atoms with Crippen LogP contribution in [0.15, 0.2) is 60.7 Å². The summed E-state index contributed by atoms with van der Waals surface area (Å²) < 4.78 is 19.0. The van der Waals surface area contributed by atoms with E-state index in [4.69, 9.17) is 10.2 Å². The zero-order valence-corrected chi connectivity index (χ0v) is 22.2. The van der Waals surface area contributed by atoms with Gasteiger partial charge in [-0.15, -0.1) is 0 Å². The first-order chi connectivity index (χ1) is 17.2. The third-order valence-corrected chi connectivity index (χ3v) is 4.01. The van der Waals surface area contributed by atoms with Crippen LogP contribution in [0, 0.1) is 5.41 Å². The van der Waals surface area contributed by atoms with E-state index in [9.17, 15) is 28.0 Å². The molecule has 0 bridgehead atoms. The molecule has 0 aliphatic carbocycles. The van der Waals surface area contributed by atoms with Crippen molar-refractivity contribution in [2.75, 3.05) is 28.5 Å². The van der Waals surface area contributed by atoms with Crippen molar-refractivity contribution in [3.05, 3.63) is 60.7 Å². The summed E-state index contributed by atoms with van der Waals surface area (Å²) in [5.74, 6) is -2.22. The van der Waals surface area contributed by atoms with Crippen molar-refractivity contribution in [3.63, 3.8) is 0 Å². The van der Waals surface area contributed by atoms with Gasteiger partial charge in [-0.25, -0.2) is 0 Å². The van der Waals surface area contributed by atoms with E-state index < -0.39 is 29.0 Å². The van der Waals surface area contributed by atoms with Gasteiger partial charge in [0, 0.05) is 14.1 Å². The molecule has 2 saturated heterocycles. The van der Waals surface area contributed by atoms with Gasteiger partial charge in [-0.05, 0) is 24.3 Å². The molecule has 2 heterocycles. The maximum atomic E-state index is 11.2. The predicted molar refractivity (Wildman–Crippen MR) is 136 cm³/mol. The van der Waals surface area contributed by atoms with Crippen LogP contribution < -0.4 is 0 Å². The first-order valence-corrected chi connectivity index (χ1v) is 11.0. The summed E-state index contributed by atoms with van der Waals surface area (Å²) in [7, 11) is 3.49. The highest BCUT2D eigenvalue weighted by Gasteiger charge is 2.78. The normalized spacial score (nSPS) is 13.4. The zero-order valence-electron chi connectivity index (χ0n) is 22.2. The average molecular weight is 513 g/mol. The molecule has 1 spiro atoms. The number of phenols is 2. The van der Waals surface area contributed by atoms with Gasteiger partial charge in [0.05, 0.1) is 14.4 Å². The monoisotopic (exact) mass is 512 g/mol. The molecule has 0 aromatic heterocycles. The summed E-state index contributed by atoms with van der Waals surface area (Å²) in [4.78, 5) is 46.3. The molecule has 2 N–H and O–H groups in total. The van der Waals surface area contributed by atoms with Crippen molar-refractivity contribution in [2.45, 2.75) is 34.1 Å². The molecule has 10 heteroatoms. The molecule has 2 aromatic carbocycles. The fourth-order valence-corrected chi connectivity index (χ4v) is 2.49. The van der Waals surface area contributed by atoms with Crippen LogP contribution in [0.2, 0.25) is 0 Å². The van der Waals surface area contributed by atoms with E-state index in [-0.39, 0.29) is 0 Å². The second kappa shape index (κ2) is 20.5. The van der Waals surface area contributed by atoms with Gasteiger partial charge in [-0.1, -0.05) is 70.5 Å². The highest BCUT2D eigenvalue weighted by Crippen LogP contribution is 2.43. The molecule has 4 rings (SSSR count). The van der Waals surface area contributed by atoms with Gasteiger partial charge in [0.15, 0.2) is 0 Å². The smallest absolute Gasteiger partial charge is 0.284 e. The number of benzene rings is 2. The molecule has 0 atom stereocenters. The van der Waals surface area contributed by atoms with Crippen molar-refractivity contribution in [1.82, 2.24) is 9.80 Å². The minimum atomic E-state index is -1.98. The maximum Gasteiger partial charge on any atom is 0.284 e. The molecule has 36 heavy (non-hydrogen) atoms. The lowest BCUT2D eigenvalue weighted by Crippen LogP contribution is -2.82. The van der Waals surface area contributed by atoms with Crippen molar-refractivity contribution in [1.29, 1.82) is 0 Å². The van der Waals surface area contributed by atoms with Gasteiger partial charge in [0.25, 0.3) is 29.0 Å². The van der Waals surface area contributed by atoms with Crippen LogP contribution in [-0.4, -0.2) is 72.1 Å². The summed E-state index contributed by atoms with van der Waals surface area (Å²) in [5.41, 5.74) is -1.98. The van der Waals surface area contributed by atoms with E-state index in [0.29, 0.717) is 25.9 Å². The number of aromatic hydroxyl groups is 2. The van der Waals surface area contributed by atoms with Gasteiger partial charge in [-0.2, -0.15) is 0 Å². The molecule has 0 saturated carbocycles. The Kier molecular flexibility index (Phi) is 21.0. The zero-order chi connectivity index (χ0) is 28.9. The molecule has 8 nitrogen and oxygen atoms in total. The Morgan fingerprint density at radius 2 is 0.806 bits per heavy atom. The third kappa shape index (κ3) is 9.44. The fourth-order valence-electron chi connectivity index (χ4n) is 2.49. The molecule has 0 unspecified atom stereocenters. The maximum absolute atomic E-state index is 11.2. The highest BCUT2D eigenvalue weighted by molar-refractivity contribution is 6.52. The van der Waals surface area contributed by atoms with E-state index >= 15 is 0 Å². The average Bonchev–Trinajstić information content (AvgIpc) is 2.93. The Labute approximate surface area is 212 Å². The minimum absolute atomic E-state index is 0.322. The summed E-state index contributed by atoms with van der Waals surface area (Å²) in [6, 6.07) is 17.4. The number of hydrogen-bond acceptors (Lipinski definition) is 6. The van der Waals surface area contributed by atoms with Crippen LogP contribution in [0.5, 0.6) is 11.5 Å². The van der Waals surface area contributed by atoms with Crippen molar-refractivity contribution in [3.8, 4) is 11.5 Å². The van der Waals surface area contributed by atoms with Gasteiger partial charge < -0.3 is 10.2 Å². The lowest BCUT2D eigenvalue weighted by Gasteiger charge is -2.50. The van der Waals surface area contributed by atoms with Crippen LogP contribution >= 0.6 is 0 Å². The van der Waals surface area contributed by atoms with Crippen LogP contribution in [0.25, 0.3) is 0 Å². The largest absolute Gasteiger partial charge is 0.508 e.